The van der Waals surface area contributed by atoms with Gasteiger partial charge in [0, 0.05) is 0 Å². The van der Waals surface area contributed by atoms with Crippen molar-refractivity contribution in [3.8, 4) is 0 Å². The summed E-state index contributed by atoms with van der Waals surface area (Å²) in [6.07, 6.45) is 1.70. The molecule has 0 spiro atoms. The van der Waals surface area contributed by atoms with Crippen LogP contribution in [0.5, 0.6) is 0 Å². The average molecular weight is 279 g/mol. The van der Waals surface area contributed by atoms with Crippen molar-refractivity contribution in [3.63, 3.8) is 0 Å². The number of aliphatic hydroxyl groups is 1. The van der Waals surface area contributed by atoms with Gasteiger partial charge in [0.1, 0.15) is 17.2 Å². The van der Waals surface area contributed by atoms with Gasteiger partial charge in [-0.25, -0.2) is 4.68 Å². The van der Waals surface area contributed by atoms with Crippen LogP contribution in [0.15, 0.2) is 67.3 Å². The lowest BCUT2D eigenvalue weighted by Gasteiger charge is -2.31. The van der Waals surface area contributed by atoms with Crippen molar-refractivity contribution >= 4 is 11.0 Å². The van der Waals surface area contributed by atoms with Crippen molar-refractivity contribution < 1.29 is 5.11 Å². The first kappa shape index (κ1) is 13.5. The summed E-state index contributed by atoms with van der Waals surface area (Å²) >= 11 is 0. The van der Waals surface area contributed by atoms with Crippen LogP contribution in [-0.4, -0.2) is 20.1 Å². The van der Waals surface area contributed by atoms with Crippen molar-refractivity contribution in [2.24, 2.45) is 0 Å². The maximum absolute atomic E-state index is 11.0. The Morgan fingerprint density at radius 1 is 1.14 bits per heavy atom. The van der Waals surface area contributed by atoms with E-state index in [1.54, 1.807) is 17.7 Å². The summed E-state index contributed by atoms with van der Waals surface area (Å²) < 4.78 is 1.72. The first-order valence-electron chi connectivity index (χ1n) is 6.85. The second-order valence-corrected chi connectivity index (χ2v) is 5.22. The van der Waals surface area contributed by atoms with E-state index in [2.05, 4.69) is 16.9 Å². The Kier molecular flexibility index (Phi) is 3.31. The Balaban J connectivity index is 2.12. The molecule has 21 heavy (non-hydrogen) atoms. The monoisotopic (exact) mass is 279 g/mol. The second kappa shape index (κ2) is 5.14. The average Bonchev–Trinajstić information content (AvgIpc) is 2.93. The molecule has 3 aromatic rings. The largest absolute Gasteiger partial charge is 0.383 e. The minimum atomic E-state index is -1.13. The minimum absolute atomic E-state index is 0.410. The number of hydrogen-bond donors (Lipinski definition) is 1. The summed E-state index contributed by atoms with van der Waals surface area (Å²) in [5.41, 5.74) is 1.36. The third kappa shape index (κ3) is 2.23. The molecule has 0 saturated carbocycles. The predicted molar refractivity (Wildman–Crippen MR) is 82.8 cm³/mol. The number of nitrogens with zero attached hydrogens (tertiary/aromatic N) is 3. The van der Waals surface area contributed by atoms with Crippen LogP contribution < -0.4 is 0 Å². The molecule has 0 aliphatic carbocycles. The molecule has 106 valence electrons. The van der Waals surface area contributed by atoms with E-state index < -0.39 is 11.6 Å². The molecule has 0 radical (unpaired) electrons. The Hall–Kier alpha value is -2.46. The fourth-order valence-electron chi connectivity index (χ4n) is 2.61. The van der Waals surface area contributed by atoms with Gasteiger partial charge >= 0.3 is 0 Å². The zero-order chi connectivity index (χ0) is 14.9. The van der Waals surface area contributed by atoms with Crippen LogP contribution in [0.25, 0.3) is 11.0 Å². The lowest BCUT2D eigenvalue weighted by atomic mass is 9.88. The van der Waals surface area contributed by atoms with Gasteiger partial charge in [-0.15, -0.1) is 11.7 Å². The lowest BCUT2D eigenvalue weighted by Crippen LogP contribution is -2.33. The summed E-state index contributed by atoms with van der Waals surface area (Å²) in [6, 6.07) is 16.8. The van der Waals surface area contributed by atoms with Crippen molar-refractivity contribution in [2.45, 2.75) is 18.6 Å². The summed E-state index contributed by atoms with van der Waals surface area (Å²) in [7, 11) is 0. The van der Waals surface area contributed by atoms with Gasteiger partial charge in [-0.1, -0.05) is 53.8 Å². The molecule has 0 aliphatic heterocycles. The molecule has 0 amide bonds. The summed E-state index contributed by atoms with van der Waals surface area (Å²) in [5.74, 6) is 0. The highest BCUT2D eigenvalue weighted by Crippen LogP contribution is 2.34. The van der Waals surface area contributed by atoms with Crippen LogP contribution in [-0.2, 0) is 5.60 Å². The normalized spacial score (nSPS) is 15.5. The third-order valence-electron chi connectivity index (χ3n) is 3.80. The molecule has 3 rings (SSSR count). The molecule has 0 bridgehead atoms. The molecule has 2 unspecified atom stereocenters. The molecule has 1 N–H and O–H groups in total. The van der Waals surface area contributed by atoms with Crippen LogP contribution in [0.3, 0.4) is 0 Å². The van der Waals surface area contributed by atoms with E-state index in [-0.39, 0.29) is 0 Å². The molecule has 1 heterocycles. The minimum Gasteiger partial charge on any atom is -0.383 e. The van der Waals surface area contributed by atoms with E-state index in [1.807, 2.05) is 54.6 Å². The van der Waals surface area contributed by atoms with Crippen LogP contribution in [0, 0.1) is 0 Å². The fourth-order valence-corrected chi connectivity index (χ4v) is 2.61. The van der Waals surface area contributed by atoms with Crippen molar-refractivity contribution in [1.82, 2.24) is 15.0 Å². The maximum Gasteiger partial charge on any atom is 0.113 e. The zero-order valence-electron chi connectivity index (χ0n) is 11.8. The zero-order valence-corrected chi connectivity index (χ0v) is 11.8. The Morgan fingerprint density at radius 2 is 1.81 bits per heavy atom. The third-order valence-corrected chi connectivity index (χ3v) is 3.80. The van der Waals surface area contributed by atoms with E-state index in [0.717, 1.165) is 16.6 Å². The lowest BCUT2D eigenvalue weighted by molar-refractivity contribution is 0.0155. The molecule has 4 nitrogen and oxygen atoms in total. The molecule has 2 aromatic carbocycles. The van der Waals surface area contributed by atoms with Gasteiger partial charge in [0.2, 0.25) is 0 Å². The molecule has 1 aromatic heterocycles. The van der Waals surface area contributed by atoms with Gasteiger partial charge in [-0.2, -0.15) is 0 Å². The molecule has 2 atom stereocenters. The fraction of sp³-hybridized carbons (Fsp3) is 0.176. The summed E-state index contributed by atoms with van der Waals surface area (Å²) in [4.78, 5) is 0. The summed E-state index contributed by atoms with van der Waals surface area (Å²) in [6.45, 7) is 5.64. The van der Waals surface area contributed by atoms with Crippen molar-refractivity contribution in [1.29, 1.82) is 0 Å². The van der Waals surface area contributed by atoms with Crippen LogP contribution in [0.2, 0.25) is 0 Å². The van der Waals surface area contributed by atoms with Gasteiger partial charge in [0.15, 0.2) is 0 Å². The van der Waals surface area contributed by atoms with Crippen LogP contribution in [0.4, 0.5) is 0 Å². The quantitative estimate of drug-likeness (QED) is 0.747. The SMILES string of the molecule is C=CC(n1nnc2ccccc21)C(C)(O)c1ccccc1. The smallest absolute Gasteiger partial charge is 0.113 e. The first-order chi connectivity index (χ1) is 10.1. The van der Waals surface area contributed by atoms with Gasteiger partial charge < -0.3 is 5.11 Å². The number of rotatable bonds is 4. The predicted octanol–water partition coefficient (Wildman–Crippen LogP) is 3.07. The molecule has 4 heteroatoms. The molecular formula is C17H17N3O. The van der Waals surface area contributed by atoms with E-state index in [9.17, 15) is 5.11 Å². The van der Waals surface area contributed by atoms with Crippen LogP contribution >= 0.6 is 0 Å². The molecular weight excluding hydrogens is 262 g/mol. The van der Waals surface area contributed by atoms with Gasteiger partial charge in [0.05, 0.1) is 5.52 Å². The topological polar surface area (TPSA) is 50.9 Å². The number of aromatic nitrogens is 3. The standard InChI is InChI=1S/C17H17N3O/c1-3-16(17(2,21)13-9-5-4-6-10-13)20-15-12-8-7-11-14(15)18-19-20/h3-12,16,21H,1H2,2H3. The Labute approximate surface area is 123 Å². The number of hydrogen-bond acceptors (Lipinski definition) is 3. The molecule has 0 fully saturated rings. The maximum atomic E-state index is 11.0. The molecule has 0 aliphatic rings. The number of benzene rings is 2. The number of para-hydroxylation sites is 1. The van der Waals surface area contributed by atoms with Gasteiger partial charge in [0.25, 0.3) is 0 Å². The number of fused-ring (bicyclic) bond motifs is 1. The van der Waals surface area contributed by atoms with Crippen molar-refractivity contribution in [2.75, 3.05) is 0 Å². The molecule has 0 saturated heterocycles. The van der Waals surface area contributed by atoms with E-state index >= 15 is 0 Å². The van der Waals surface area contributed by atoms with Gasteiger partial charge in [-0.05, 0) is 24.6 Å². The second-order valence-electron chi connectivity index (χ2n) is 5.22. The van der Waals surface area contributed by atoms with Crippen LogP contribution in [0.1, 0.15) is 18.5 Å². The van der Waals surface area contributed by atoms with E-state index in [1.165, 1.54) is 0 Å². The summed E-state index contributed by atoms with van der Waals surface area (Å²) in [5, 5.41) is 19.4. The first-order valence-corrected chi connectivity index (χ1v) is 6.85. The van der Waals surface area contributed by atoms with Gasteiger partial charge in [-0.3, -0.25) is 0 Å². The van der Waals surface area contributed by atoms with E-state index in [4.69, 9.17) is 0 Å². The Morgan fingerprint density at radius 3 is 2.52 bits per heavy atom. The highest BCUT2D eigenvalue weighted by Gasteiger charge is 2.34. The highest BCUT2D eigenvalue weighted by molar-refractivity contribution is 5.74. The highest BCUT2D eigenvalue weighted by atomic mass is 16.3. The Bertz CT molecular complexity index is 762. The van der Waals surface area contributed by atoms with Crippen molar-refractivity contribution in [3.05, 3.63) is 72.8 Å². The van der Waals surface area contributed by atoms with E-state index in [0.29, 0.717) is 0 Å².